The number of rotatable bonds is 5. The highest BCUT2D eigenvalue weighted by atomic mass is 32.1. The molecule has 0 fully saturated rings. The van der Waals surface area contributed by atoms with Gasteiger partial charge in [-0.25, -0.2) is 9.97 Å². The number of benzene rings is 1. The SMILES string of the molecule is CC[C@@H](CO)Nc1nc(C)nc2scc(-c3ccccc3)c12. The van der Waals surface area contributed by atoms with Crippen molar-refractivity contribution in [3.05, 3.63) is 41.5 Å². The zero-order valence-electron chi connectivity index (χ0n) is 12.7. The van der Waals surface area contributed by atoms with Crippen molar-refractivity contribution in [1.29, 1.82) is 0 Å². The molecule has 4 nitrogen and oxygen atoms in total. The lowest BCUT2D eigenvalue weighted by molar-refractivity contribution is 0.271. The molecule has 1 atom stereocenters. The van der Waals surface area contributed by atoms with Crippen LogP contribution in [0.4, 0.5) is 5.82 Å². The Bertz CT molecular complexity index is 766. The lowest BCUT2D eigenvalue weighted by Gasteiger charge is -2.16. The molecule has 0 radical (unpaired) electrons. The second-order valence-electron chi connectivity index (χ2n) is 5.25. The second-order valence-corrected chi connectivity index (χ2v) is 6.11. The Hall–Kier alpha value is -1.98. The van der Waals surface area contributed by atoms with Gasteiger partial charge in [-0.15, -0.1) is 11.3 Å². The number of aliphatic hydroxyl groups excluding tert-OH is 1. The number of aliphatic hydroxyl groups is 1. The number of hydrogen-bond acceptors (Lipinski definition) is 5. The van der Waals surface area contributed by atoms with E-state index in [2.05, 4.69) is 32.8 Å². The van der Waals surface area contributed by atoms with Crippen LogP contribution in [-0.4, -0.2) is 27.7 Å². The zero-order valence-corrected chi connectivity index (χ0v) is 13.5. The average molecular weight is 313 g/mol. The number of thiophene rings is 1. The Morgan fingerprint density at radius 1 is 1.23 bits per heavy atom. The Morgan fingerprint density at radius 2 is 2.00 bits per heavy atom. The second kappa shape index (κ2) is 6.42. The molecule has 0 bridgehead atoms. The third-order valence-corrected chi connectivity index (χ3v) is 4.56. The maximum Gasteiger partial charge on any atom is 0.139 e. The number of nitrogens with zero attached hydrogens (tertiary/aromatic N) is 2. The Balaban J connectivity index is 2.16. The quantitative estimate of drug-likeness (QED) is 0.751. The lowest BCUT2D eigenvalue weighted by atomic mass is 10.1. The van der Waals surface area contributed by atoms with Crippen LogP contribution in [0.2, 0.25) is 0 Å². The van der Waals surface area contributed by atoms with Crippen molar-refractivity contribution in [2.45, 2.75) is 26.3 Å². The minimum Gasteiger partial charge on any atom is -0.394 e. The van der Waals surface area contributed by atoms with E-state index in [1.807, 2.05) is 32.0 Å². The molecule has 5 heteroatoms. The number of hydrogen-bond donors (Lipinski definition) is 2. The summed E-state index contributed by atoms with van der Waals surface area (Å²) in [6.07, 6.45) is 0.839. The van der Waals surface area contributed by atoms with Crippen LogP contribution < -0.4 is 5.32 Å². The lowest BCUT2D eigenvalue weighted by Crippen LogP contribution is -2.23. The highest BCUT2D eigenvalue weighted by Gasteiger charge is 2.16. The van der Waals surface area contributed by atoms with Gasteiger partial charge < -0.3 is 10.4 Å². The van der Waals surface area contributed by atoms with Gasteiger partial charge in [0.25, 0.3) is 0 Å². The van der Waals surface area contributed by atoms with Crippen LogP contribution in [0.15, 0.2) is 35.7 Å². The first-order valence-corrected chi connectivity index (χ1v) is 8.29. The highest BCUT2D eigenvalue weighted by Crippen LogP contribution is 2.37. The largest absolute Gasteiger partial charge is 0.394 e. The minimum absolute atomic E-state index is 0.000948. The predicted molar refractivity (Wildman–Crippen MR) is 92.4 cm³/mol. The molecule has 22 heavy (non-hydrogen) atoms. The molecule has 0 amide bonds. The van der Waals surface area contributed by atoms with Crippen LogP contribution in [0.5, 0.6) is 0 Å². The summed E-state index contributed by atoms with van der Waals surface area (Å²) in [4.78, 5) is 10.1. The molecule has 0 aliphatic heterocycles. The number of aromatic nitrogens is 2. The molecule has 0 unspecified atom stereocenters. The van der Waals surface area contributed by atoms with E-state index >= 15 is 0 Å². The molecule has 114 valence electrons. The van der Waals surface area contributed by atoms with Crippen molar-refractivity contribution in [3.8, 4) is 11.1 Å². The van der Waals surface area contributed by atoms with Crippen molar-refractivity contribution < 1.29 is 5.11 Å². The Kier molecular flexibility index (Phi) is 4.36. The Labute approximate surface area is 133 Å². The third-order valence-electron chi connectivity index (χ3n) is 3.68. The fraction of sp³-hybridized carbons (Fsp3) is 0.294. The zero-order chi connectivity index (χ0) is 15.5. The first kappa shape index (κ1) is 14.9. The number of nitrogens with one attached hydrogen (secondary N) is 1. The molecule has 0 spiro atoms. The maximum atomic E-state index is 9.46. The van der Waals surface area contributed by atoms with Gasteiger partial charge in [-0.05, 0) is 18.9 Å². The van der Waals surface area contributed by atoms with Gasteiger partial charge in [0.1, 0.15) is 16.5 Å². The molecule has 2 N–H and O–H groups in total. The first-order chi connectivity index (χ1) is 10.7. The summed E-state index contributed by atoms with van der Waals surface area (Å²) >= 11 is 1.63. The standard InChI is InChI=1S/C17H19N3OS/c1-3-13(9-21)20-16-15-14(12-7-5-4-6-8-12)10-22-17(15)19-11(2)18-16/h4-8,10,13,21H,3,9H2,1-2H3,(H,18,19,20)/t13-/m0/s1. The molecule has 0 saturated carbocycles. The van der Waals surface area contributed by atoms with Crippen LogP contribution in [0.1, 0.15) is 19.2 Å². The van der Waals surface area contributed by atoms with Crippen LogP contribution in [0.25, 0.3) is 21.3 Å². The monoisotopic (exact) mass is 313 g/mol. The van der Waals surface area contributed by atoms with Crippen molar-refractivity contribution in [1.82, 2.24) is 9.97 Å². The number of aryl methyl sites for hydroxylation is 1. The van der Waals surface area contributed by atoms with Gasteiger partial charge >= 0.3 is 0 Å². The average Bonchev–Trinajstić information content (AvgIpc) is 2.97. The molecule has 2 aromatic heterocycles. The van der Waals surface area contributed by atoms with Crippen LogP contribution in [0.3, 0.4) is 0 Å². The van der Waals surface area contributed by atoms with E-state index in [4.69, 9.17) is 0 Å². The van der Waals surface area contributed by atoms with E-state index in [0.717, 1.165) is 39.4 Å². The summed E-state index contributed by atoms with van der Waals surface area (Å²) in [5.74, 6) is 1.55. The van der Waals surface area contributed by atoms with E-state index in [1.54, 1.807) is 11.3 Å². The summed E-state index contributed by atoms with van der Waals surface area (Å²) in [5.41, 5.74) is 2.29. The molecule has 0 aliphatic carbocycles. The number of fused-ring (bicyclic) bond motifs is 1. The van der Waals surface area contributed by atoms with Crippen molar-refractivity contribution >= 4 is 27.4 Å². The summed E-state index contributed by atoms with van der Waals surface area (Å²) in [6.45, 7) is 4.03. The van der Waals surface area contributed by atoms with Gasteiger partial charge in [0.2, 0.25) is 0 Å². The molecule has 0 aliphatic rings. The van der Waals surface area contributed by atoms with Crippen molar-refractivity contribution in [3.63, 3.8) is 0 Å². The van der Waals surface area contributed by atoms with E-state index in [9.17, 15) is 5.11 Å². The van der Waals surface area contributed by atoms with Crippen molar-refractivity contribution in [2.75, 3.05) is 11.9 Å². The van der Waals surface area contributed by atoms with Crippen LogP contribution in [0, 0.1) is 6.92 Å². The smallest absolute Gasteiger partial charge is 0.139 e. The fourth-order valence-electron chi connectivity index (χ4n) is 2.45. The van der Waals surface area contributed by atoms with E-state index in [-0.39, 0.29) is 12.6 Å². The molecule has 3 aromatic rings. The fourth-order valence-corrected chi connectivity index (χ4v) is 3.45. The van der Waals surface area contributed by atoms with Gasteiger partial charge in [-0.1, -0.05) is 37.3 Å². The summed E-state index contributed by atoms with van der Waals surface area (Å²) in [7, 11) is 0. The maximum absolute atomic E-state index is 9.46. The van der Waals surface area contributed by atoms with E-state index in [1.165, 1.54) is 0 Å². The minimum atomic E-state index is 0.000948. The third kappa shape index (κ3) is 2.82. The van der Waals surface area contributed by atoms with E-state index in [0.29, 0.717) is 0 Å². The summed E-state index contributed by atoms with van der Waals surface area (Å²) < 4.78 is 0. The molecule has 2 heterocycles. The van der Waals surface area contributed by atoms with Gasteiger partial charge in [-0.3, -0.25) is 0 Å². The first-order valence-electron chi connectivity index (χ1n) is 7.41. The summed E-state index contributed by atoms with van der Waals surface area (Å²) in [5, 5.41) is 16.0. The highest BCUT2D eigenvalue weighted by molar-refractivity contribution is 7.17. The van der Waals surface area contributed by atoms with Gasteiger partial charge in [-0.2, -0.15) is 0 Å². The molecule has 3 rings (SSSR count). The molecule has 0 saturated heterocycles. The van der Waals surface area contributed by atoms with Crippen LogP contribution in [-0.2, 0) is 0 Å². The summed E-state index contributed by atoms with van der Waals surface area (Å²) in [6, 6.07) is 10.3. The van der Waals surface area contributed by atoms with Gasteiger partial charge in [0, 0.05) is 10.9 Å². The van der Waals surface area contributed by atoms with Crippen LogP contribution >= 0.6 is 11.3 Å². The van der Waals surface area contributed by atoms with Gasteiger partial charge in [0.15, 0.2) is 0 Å². The van der Waals surface area contributed by atoms with E-state index < -0.39 is 0 Å². The van der Waals surface area contributed by atoms with Gasteiger partial charge in [0.05, 0.1) is 18.0 Å². The molecular weight excluding hydrogens is 294 g/mol. The topological polar surface area (TPSA) is 58.0 Å². The Morgan fingerprint density at radius 3 is 2.68 bits per heavy atom. The number of anilines is 1. The van der Waals surface area contributed by atoms with Crippen molar-refractivity contribution in [2.24, 2.45) is 0 Å². The predicted octanol–water partition coefficient (Wildman–Crippen LogP) is 3.85. The molecular formula is C17H19N3OS. The molecule has 1 aromatic carbocycles. The normalized spacial score (nSPS) is 12.5.